The highest BCUT2D eigenvalue weighted by atomic mass is 32.2. The molecule has 1 amide bonds. The van der Waals surface area contributed by atoms with E-state index >= 15 is 0 Å². The van der Waals surface area contributed by atoms with E-state index in [1.165, 1.54) is 35.9 Å². The van der Waals surface area contributed by atoms with Crippen molar-refractivity contribution in [3.8, 4) is 5.75 Å². The summed E-state index contributed by atoms with van der Waals surface area (Å²) in [4.78, 5) is 12.3. The van der Waals surface area contributed by atoms with Crippen molar-refractivity contribution in [3.05, 3.63) is 24.3 Å². The number of methoxy groups -OCH3 is 1. The van der Waals surface area contributed by atoms with Crippen LogP contribution in [0, 0.1) is 0 Å². The van der Waals surface area contributed by atoms with Crippen LogP contribution in [0.4, 0.5) is 10.8 Å². The lowest BCUT2D eigenvalue weighted by molar-refractivity contribution is -0.115. The highest BCUT2D eigenvalue weighted by Crippen LogP contribution is 2.32. The van der Waals surface area contributed by atoms with E-state index in [4.69, 9.17) is 4.74 Å². The zero-order valence-electron chi connectivity index (χ0n) is 12.9. The van der Waals surface area contributed by atoms with Crippen LogP contribution in [0.2, 0.25) is 0 Å². The van der Waals surface area contributed by atoms with Crippen LogP contribution < -0.4 is 15.4 Å². The monoisotopic (exact) mass is 350 g/mol. The summed E-state index contributed by atoms with van der Waals surface area (Å²) in [6.07, 6.45) is 2.39. The maximum absolute atomic E-state index is 12.3. The predicted octanol–water partition coefficient (Wildman–Crippen LogP) is 3.24. The molecule has 2 N–H and O–H groups in total. The fourth-order valence-electron chi connectivity index (χ4n) is 1.91. The topological polar surface area (TPSA) is 76.1 Å². The van der Waals surface area contributed by atoms with Crippen LogP contribution in [-0.4, -0.2) is 34.5 Å². The van der Waals surface area contributed by atoms with Crippen LogP contribution in [-0.2, 0) is 4.79 Å². The predicted molar refractivity (Wildman–Crippen MR) is 93.5 cm³/mol. The lowest BCUT2D eigenvalue weighted by atomic mass is 10.3. The molecule has 0 radical (unpaired) electrons. The first-order valence-corrected chi connectivity index (χ1v) is 9.06. The van der Waals surface area contributed by atoms with E-state index in [1.54, 1.807) is 7.11 Å². The number of nitrogens with zero attached hydrogens (tertiary/aromatic N) is 2. The first-order valence-electron chi connectivity index (χ1n) is 7.36. The molecule has 0 unspecified atom stereocenters. The summed E-state index contributed by atoms with van der Waals surface area (Å²) in [7, 11) is 1.58. The molecule has 0 spiro atoms. The molecule has 1 heterocycles. The summed E-state index contributed by atoms with van der Waals surface area (Å²) in [5, 5.41) is 15.0. The lowest BCUT2D eigenvalue weighted by Crippen LogP contribution is -2.22. The van der Waals surface area contributed by atoms with E-state index < -0.39 is 0 Å². The number of amides is 1. The standard InChI is InChI=1S/C15H18N4O2S2/c1-9(13(20)17-11-5-3-4-6-12(11)21-2)22-15-19-18-14(23-15)16-10-7-8-10/h3-6,9-10H,7-8H2,1-2H3,(H,16,18)(H,17,20)/t9-/m1/s1. The first kappa shape index (κ1) is 16.1. The number of ether oxygens (including phenoxy) is 1. The quantitative estimate of drug-likeness (QED) is 0.747. The van der Waals surface area contributed by atoms with E-state index in [1.807, 2.05) is 31.2 Å². The number of nitrogens with one attached hydrogen (secondary N) is 2. The van der Waals surface area contributed by atoms with Crippen molar-refractivity contribution >= 4 is 39.8 Å². The molecule has 6 nitrogen and oxygen atoms in total. The summed E-state index contributed by atoms with van der Waals surface area (Å²) in [6.45, 7) is 1.85. The molecule has 23 heavy (non-hydrogen) atoms. The Balaban J connectivity index is 1.57. The van der Waals surface area contributed by atoms with Gasteiger partial charge in [0, 0.05) is 6.04 Å². The molecule has 1 aliphatic rings. The minimum atomic E-state index is -0.276. The van der Waals surface area contributed by atoms with Crippen LogP contribution in [0.1, 0.15) is 19.8 Å². The Morgan fingerprint density at radius 3 is 2.91 bits per heavy atom. The minimum absolute atomic E-state index is 0.0913. The molecule has 0 saturated heterocycles. The summed E-state index contributed by atoms with van der Waals surface area (Å²) in [5.41, 5.74) is 0.667. The average Bonchev–Trinajstić information content (AvgIpc) is 3.26. The Bertz CT molecular complexity index is 688. The highest BCUT2D eigenvalue weighted by Gasteiger charge is 2.23. The molecule has 1 atom stereocenters. The third-order valence-corrected chi connectivity index (χ3v) is 5.36. The van der Waals surface area contributed by atoms with Gasteiger partial charge in [0.2, 0.25) is 11.0 Å². The van der Waals surface area contributed by atoms with Crippen molar-refractivity contribution in [2.75, 3.05) is 17.7 Å². The second kappa shape index (κ2) is 7.18. The largest absolute Gasteiger partial charge is 0.495 e. The molecule has 8 heteroatoms. The molecule has 2 aromatic rings. The van der Waals surface area contributed by atoms with Crippen LogP contribution in [0.5, 0.6) is 5.75 Å². The van der Waals surface area contributed by atoms with Crippen LogP contribution >= 0.6 is 23.1 Å². The minimum Gasteiger partial charge on any atom is -0.495 e. The van der Waals surface area contributed by atoms with Crippen molar-refractivity contribution in [3.63, 3.8) is 0 Å². The van der Waals surface area contributed by atoms with Gasteiger partial charge in [0.1, 0.15) is 5.75 Å². The van der Waals surface area contributed by atoms with Gasteiger partial charge in [0.15, 0.2) is 4.34 Å². The maximum atomic E-state index is 12.3. The Kier molecular flexibility index (Phi) is 5.02. The van der Waals surface area contributed by atoms with Gasteiger partial charge in [-0.2, -0.15) is 0 Å². The third-order valence-electron chi connectivity index (χ3n) is 3.32. The van der Waals surface area contributed by atoms with E-state index in [0.717, 1.165) is 9.47 Å². The van der Waals surface area contributed by atoms with Crippen molar-refractivity contribution < 1.29 is 9.53 Å². The molecular weight excluding hydrogens is 332 g/mol. The smallest absolute Gasteiger partial charge is 0.237 e. The van der Waals surface area contributed by atoms with E-state index in [-0.39, 0.29) is 11.2 Å². The van der Waals surface area contributed by atoms with Gasteiger partial charge in [-0.05, 0) is 31.9 Å². The zero-order valence-corrected chi connectivity index (χ0v) is 14.5. The zero-order chi connectivity index (χ0) is 16.2. The number of carbonyl (C=O) groups is 1. The van der Waals surface area contributed by atoms with Crippen molar-refractivity contribution in [1.29, 1.82) is 0 Å². The lowest BCUT2D eigenvalue weighted by Gasteiger charge is -2.12. The SMILES string of the molecule is COc1ccccc1NC(=O)[C@@H](C)Sc1nnc(NC2CC2)s1. The average molecular weight is 350 g/mol. The number of aromatic nitrogens is 2. The second-order valence-corrected chi connectivity index (χ2v) is 7.81. The Labute approximate surface area is 143 Å². The van der Waals surface area contributed by atoms with Crippen molar-refractivity contribution in [1.82, 2.24) is 10.2 Å². The number of hydrogen-bond acceptors (Lipinski definition) is 7. The Hall–Kier alpha value is -1.80. The number of carbonyl (C=O) groups excluding carboxylic acids is 1. The second-order valence-electron chi connectivity index (χ2n) is 5.24. The number of rotatable bonds is 7. The summed E-state index contributed by atoms with van der Waals surface area (Å²) >= 11 is 2.89. The molecule has 1 aromatic heterocycles. The molecule has 3 rings (SSSR count). The Morgan fingerprint density at radius 2 is 2.17 bits per heavy atom. The summed E-state index contributed by atoms with van der Waals surface area (Å²) in [5.74, 6) is 0.552. The van der Waals surface area contributed by atoms with Crippen LogP contribution in [0.25, 0.3) is 0 Å². The van der Waals surface area contributed by atoms with E-state index in [2.05, 4.69) is 20.8 Å². The first-order chi connectivity index (χ1) is 11.2. The normalized spacial score (nSPS) is 15.0. The van der Waals surface area contributed by atoms with Gasteiger partial charge in [-0.15, -0.1) is 10.2 Å². The maximum Gasteiger partial charge on any atom is 0.237 e. The van der Waals surface area contributed by atoms with Crippen LogP contribution in [0.3, 0.4) is 0 Å². The third kappa shape index (κ3) is 4.35. The van der Waals surface area contributed by atoms with Gasteiger partial charge in [-0.3, -0.25) is 4.79 Å². The number of anilines is 2. The van der Waals surface area contributed by atoms with Gasteiger partial charge >= 0.3 is 0 Å². The molecule has 0 aliphatic heterocycles. The van der Waals surface area contributed by atoms with Gasteiger partial charge in [-0.25, -0.2) is 0 Å². The molecule has 1 saturated carbocycles. The number of para-hydroxylation sites is 2. The van der Waals surface area contributed by atoms with Gasteiger partial charge in [0.25, 0.3) is 0 Å². The molecule has 1 fully saturated rings. The number of thioether (sulfide) groups is 1. The van der Waals surface area contributed by atoms with Gasteiger partial charge < -0.3 is 15.4 Å². The molecule has 0 bridgehead atoms. The van der Waals surface area contributed by atoms with E-state index in [0.29, 0.717) is 17.5 Å². The van der Waals surface area contributed by atoms with Gasteiger partial charge in [0.05, 0.1) is 18.0 Å². The number of benzene rings is 1. The molecular formula is C15H18N4O2S2. The Morgan fingerprint density at radius 1 is 1.39 bits per heavy atom. The molecule has 122 valence electrons. The van der Waals surface area contributed by atoms with Crippen LogP contribution in [0.15, 0.2) is 28.6 Å². The van der Waals surface area contributed by atoms with Crippen molar-refractivity contribution in [2.24, 2.45) is 0 Å². The summed E-state index contributed by atoms with van der Waals surface area (Å²) < 4.78 is 6.03. The fourth-order valence-corrected chi connectivity index (χ4v) is 3.88. The fraction of sp³-hybridized carbons (Fsp3) is 0.400. The summed E-state index contributed by atoms with van der Waals surface area (Å²) in [6, 6.07) is 7.90. The van der Waals surface area contributed by atoms with Gasteiger partial charge in [-0.1, -0.05) is 35.2 Å². The van der Waals surface area contributed by atoms with Crippen molar-refractivity contribution in [2.45, 2.75) is 35.4 Å². The van der Waals surface area contributed by atoms with E-state index in [9.17, 15) is 4.79 Å². The molecule has 1 aliphatic carbocycles. The number of hydrogen-bond donors (Lipinski definition) is 2. The highest BCUT2D eigenvalue weighted by molar-refractivity contribution is 8.02. The molecule has 1 aromatic carbocycles.